The Kier molecular flexibility index (Phi) is 9.80. The molecule has 0 unspecified atom stereocenters. The Bertz CT molecular complexity index is 1530. The van der Waals surface area contributed by atoms with Crippen molar-refractivity contribution in [1.29, 1.82) is 0 Å². The van der Waals surface area contributed by atoms with Crippen molar-refractivity contribution in [3.05, 3.63) is 76.1 Å². The molecule has 0 bridgehead atoms. The first-order valence-corrected chi connectivity index (χ1v) is 15.2. The molecule has 2 atom stereocenters. The van der Waals surface area contributed by atoms with Crippen molar-refractivity contribution in [2.75, 3.05) is 27.3 Å². The smallest absolute Gasteiger partial charge is 0.303 e. The van der Waals surface area contributed by atoms with Crippen molar-refractivity contribution in [1.82, 2.24) is 14.8 Å². The maximum Gasteiger partial charge on any atom is 0.303 e. The SMILES string of the molecule is COc1cccc([C@H]2O[C@H](CCC(=O)N3CCC(CC(=O)O)CC3)c3ccc(CNC(C)=O)n3-c3ccc(Cl)cc32)c1OC. The molecule has 234 valence electrons. The molecule has 3 heterocycles. The number of carboxylic acids is 1. The normalized spacial score (nSPS) is 18.1. The lowest BCUT2D eigenvalue weighted by molar-refractivity contribution is -0.139. The molecule has 0 spiro atoms. The van der Waals surface area contributed by atoms with Gasteiger partial charge < -0.3 is 34.1 Å². The maximum atomic E-state index is 13.4. The first-order valence-electron chi connectivity index (χ1n) is 14.8. The number of rotatable bonds is 10. The van der Waals surface area contributed by atoms with E-state index in [-0.39, 0.29) is 30.6 Å². The molecule has 10 nitrogen and oxygen atoms in total. The number of piperidine rings is 1. The summed E-state index contributed by atoms with van der Waals surface area (Å²) in [7, 11) is 3.17. The van der Waals surface area contributed by atoms with Gasteiger partial charge in [0.1, 0.15) is 6.10 Å². The third-order valence-electron chi connectivity index (χ3n) is 8.42. The zero-order valence-electron chi connectivity index (χ0n) is 25.2. The molecule has 1 saturated heterocycles. The summed E-state index contributed by atoms with van der Waals surface area (Å²) in [5.74, 6) is 0.261. The van der Waals surface area contributed by atoms with Crippen molar-refractivity contribution in [2.45, 2.75) is 57.8 Å². The molecule has 0 saturated carbocycles. The summed E-state index contributed by atoms with van der Waals surface area (Å²) in [4.78, 5) is 38.2. The van der Waals surface area contributed by atoms with E-state index in [2.05, 4.69) is 9.88 Å². The van der Waals surface area contributed by atoms with Gasteiger partial charge in [0, 0.05) is 54.7 Å². The van der Waals surface area contributed by atoms with E-state index in [0.29, 0.717) is 55.4 Å². The minimum absolute atomic E-state index is 0.0132. The molecule has 1 aromatic heterocycles. The van der Waals surface area contributed by atoms with Crippen LogP contribution in [0.3, 0.4) is 0 Å². The van der Waals surface area contributed by atoms with Crippen LogP contribution in [-0.4, -0.2) is 59.7 Å². The third-order valence-corrected chi connectivity index (χ3v) is 8.66. The molecule has 2 aliphatic heterocycles. The molecule has 2 aliphatic rings. The van der Waals surface area contributed by atoms with Crippen molar-refractivity contribution in [3.63, 3.8) is 0 Å². The second-order valence-corrected chi connectivity index (χ2v) is 11.7. The molecule has 1 fully saturated rings. The standard InChI is InChI=1S/C33H38ClN3O7/c1-20(38)35-19-23-8-10-27-28(11-12-30(39)36-15-13-21(14-16-36)17-31(40)41)44-32(24-5-4-6-29(42-2)33(24)43-3)25-18-22(34)7-9-26(25)37(23)27/h4-10,18,21,28,32H,11-17,19H2,1-3H3,(H,35,38)(H,40,41)/t28-,32-/m1/s1. The summed E-state index contributed by atoms with van der Waals surface area (Å²) in [6, 6.07) is 15.2. The van der Waals surface area contributed by atoms with E-state index < -0.39 is 18.2 Å². The number of likely N-dealkylation sites (tertiary alicyclic amines) is 1. The Morgan fingerprint density at radius 1 is 1.05 bits per heavy atom. The van der Waals surface area contributed by atoms with Crippen LogP contribution in [-0.2, 0) is 25.7 Å². The number of ether oxygens (including phenoxy) is 3. The first-order chi connectivity index (χ1) is 21.2. The number of nitrogens with one attached hydrogen (secondary N) is 1. The van der Waals surface area contributed by atoms with Crippen LogP contribution in [0.25, 0.3) is 5.69 Å². The Morgan fingerprint density at radius 2 is 1.82 bits per heavy atom. The number of carbonyl (C=O) groups is 3. The quantitative estimate of drug-likeness (QED) is 0.309. The van der Waals surface area contributed by atoms with Gasteiger partial charge in [-0.05, 0) is 61.6 Å². The molecule has 44 heavy (non-hydrogen) atoms. The molecule has 5 rings (SSSR count). The van der Waals surface area contributed by atoms with Gasteiger partial charge in [0.15, 0.2) is 11.5 Å². The van der Waals surface area contributed by atoms with Crippen LogP contribution >= 0.6 is 11.6 Å². The van der Waals surface area contributed by atoms with Crippen LogP contribution in [0.2, 0.25) is 5.02 Å². The van der Waals surface area contributed by atoms with Crippen molar-refractivity contribution >= 4 is 29.4 Å². The monoisotopic (exact) mass is 623 g/mol. The summed E-state index contributed by atoms with van der Waals surface area (Å²) in [5.41, 5.74) is 4.11. The summed E-state index contributed by atoms with van der Waals surface area (Å²) in [6.07, 6.45) is 1.04. The molecule has 0 aliphatic carbocycles. The highest BCUT2D eigenvalue weighted by molar-refractivity contribution is 6.30. The van der Waals surface area contributed by atoms with E-state index in [9.17, 15) is 14.4 Å². The predicted molar refractivity (Wildman–Crippen MR) is 164 cm³/mol. The summed E-state index contributed by atoms with van der Waals surface area (Å²) in [5, 5.41) is 12.6. The number of carbonyl (C=O) groups excluding carboxylic acids is 2. The lowest BCUT2D eigenvalue weighted by Gasteiger charge is -2.32. The molecule has 2 amide bonds. The number of amides is 2. The van der Waals surface area contributed by atoms with Gasteiger partial charge in [0.05, 0.1) is 38.2 Å². The van der Waals surface area contributed by atoms with Gasteiger partial charge in [-0.1, -0.05) is 23.7 Å². The van der Waals surface area contributed by atoms with E-state index in [0.717, 1.165) is 28.2 Å². The average Bonchev–Trinajstić information content (AvgIpc) is 3.37. The van der Waals surface area contributed by atoms with Crippen LogP contribution < -0.4 is 14.8 Å². The number of methoxy groups -OCH3 is 2. The lowest BCUT2D eigenvalue weighted by atomic mass is 9.93. The second-order valence-electron chi connectivity index (χ2n) is 11.2. The van der Waals surface area contributed by atoms with E-state index in [1.807, 2.05) is 53.4 Å². The summed E-state index contributed by atoms with van der Waals surface area (Å²) >= 11 is 6.56. The van der Waals surface area contributed by atoms with E-state index >= 15 is 0 Å². The fraction of sp³-hybridized carbons (Fsp3) is 0.424. The van der Waals surface area contributed by atoms with E-state index in [1.54, 1.807) is 14.2 Å². The van der Waals surface area contributed by atoms with Gasteiger partial charge in [0.2, 0.25) is 11.8 Å². The molecular formula is C33H38ClN3O7. The maximum absolute atomic E-state index is 13.4. The summed E-state index contributed by atoms with van der Waals surface area (Å²) in [6.45, 7) is 2.88. The third kappa shape index (κ3) is 6.71. The topological polar surface area (TPSA) is 119 Å². The van der Waals surface area contributed by atoms with Gasteiger partial charge in [0.25, 0.3) is 0 Å². The van der Waals surface area contributed by atoms with E-state index in [4.69, 9.17) is 30.9 Å². The zero-order valence-corrected chi connectivity index (χ0v) is 25.9. The second kappa shape index (κ2) is 13.7. The number of halogens is 1. The average molecular weight is 624 g/mol. The number of aliphatic carboxylic acids is 1. The van der Waals surface area contributed by atoms with Gasteiger partial charge in [-0.3, -0.25) is 14.4 Å². The number of nitrogens with zero attached hydrogens (tertiary/aromatic N) is 2. The highest BCUT2D eigenvalue weighted by atomic mass is 35.5. The van der Waals surface area contributed by atoms with Gasteiger partial charge in [-0.2, -0.15) is 0 Å². The fourth-order valence-electron chi connectivity index (χ4n) is 6.26. The number of benzene rings is 2. The van der Waals surface area contributed by atoms with Crippen molar-refractivity contribution in [3.8, 4) is 17.2 Å². The number of carboxylic acid groups (broad SMARTS) is 1. The lowest BCUT2D eigenvalue weighted by Crippen LogP contribution is -2.39. The molecule has 11 heteroatoms. The molecule has 2 N–H and O–H groups in total. The molecular weight excluding hydrogens is 586 g/mol. The van der Waals surface area contributed by atoms with Gasteiger partial charge >= 0.3 is 5.97 Å². The zero-order chi connectivity index (χ0) is 31.4. The number of hydrogen-bond donors (Lipinski definition) is 2. The van der Waals surface area contributed by atoms with Crippen LogP contribution in [0.5, 0.6) is 11.5 Å². The molecule has 3 aromatic rings. The fourth-order valence-corrected chi connectivity index (χ4v) is 6.44. The Morgan fingerprint density at radius 3 is 2.50 bits per heavy atom. The first kappa shape index (κ1) is 31.4. The largest absolute Gasteiger partial charge is 0.493 e. The predicted octanol–water partition coefficient (Wildman–Crippen LogP) is 5.44. The number of aromatic nitrogens is 1. The van der Waals surface area contributed by atoms with Crippen molar-refractivity contribution in [2.24, 2.45) is 5.92 Å². The molecule has 2 aromatic carbocycles. The van der Waals surface area contributed by atoms with Gasteiger partial charge in [-0.25, -0.2) is 0 Å². The minimum atomic E-state index is -0.800. The Hall–Kier alpha value is -4.02. The number of hydrogen-bond acceptors (Lipinski definition) is 6. The minimum Gasteiger partial charge on any atom is -0.493 e. The van der Waals surface area contributed by atoms with Gasteiger partial charge in [-0.15, -0.1) is 0 Å². The summed E-state index contributed by atoms with van der Waals surface area (Å²) < 4.78 is 20.4. The Balaban J connectivity index is 1.51. The highest BCUT2D eigenvalue weighted by Gasteiger charge is 2.35. The number of para-hydroxylation sites is 1. The van der Waals surface area contributed by atoms with Crippen LogP contribution in [0, 0.1) is 5.92 Å². The van der Waals surface area contributed by atoms with E-state index in [1.165, 1.54) is 6.92 Å². The highest BCUT2D eigenvalue weighted by Crippen LogP contribution is 2.47. The van der Waals surface area contributed by atoms with Crippen LogP contribution in [0.1, 0.15) is 73.8 Å². The number of fused-ring (bicyclic) bond motifs is 3. The van der Waals surface area contributed by atoms with Crippen LogP contribution in [0.15, 0.2) is 48.5 Å². The van der Waals surface area contributed by atoms with Crippen LogP contribution in [0.4, 0.5) is 0 Å². The Labute approximate surface area is 261 Å². The molecule has 0 radical (unpaired) electrons. The van der Waals surface area contributed by atoms with Crippen molar-refractivity contribution < 1.29 is 33.7 Å².